The third-order valence-electron chi connectivity index (χ3n) is 5.27. The van der Waals surface area contributed by atoms with Crippen molar-refractivity contribution in [1.29, 1.82) is 0 Å². The van der Waals surface area contributed by atoms with Crippen molar-refractivity contribution in [2.24, 2.45) is 0 Å². The molecular weight excluding hydrogens is 432 g/mol. The second kappa shape index (κ2) is 8.93. The molecule has 0 aliphatic carbocycles. The van der Waals surface area contributed by atoms with E-state index in [1.807, 2.05) is 36.4 Å². The molecule has 1 saturated heterocycles. The number of hydrogen-bond donors (Lipinski definition) is 0. The number of piperazine rings is 1. The summed E-state index contributed by atoms with van der Waals surface area (Å²) in [4.78, 5) is 34.8. The van der Waals surface area contributed by atoms with Crippen molar-refractivity contribution in [3.05, 3.63) is 48.4 Å². The molecule has 0 radical (unpaired) electrons. The van der Waals surface area contributed by atoms with E-state index in [0.717, 1.165) is 34.5 Å². The van der Waals surface area contributed by atoms with Crippen molar-refractivity contribution in [1.82, 2.24) is 19.8 Å². The van der Waals surface area contributed by atoms with Crippen LogP contribution in [-0.2, 0) is 20.9 Å². The Morgan fingerprint density at radius 1 is 1.19 bits per heavy atom. The van der Waals surface area contributed by atoms with Crippen molar-refractivity contribution in [2.75, 3.05) is 32.8 Å². The van der Waals surface area contributed by atoms with Gasteiger partial charge in [0.05, 0.1) is 11.2 Å². The van der Waals surface area contributed by atoms with E-state index in [2.05, 4.69) is 19.6 Å². The third-order valence-corrected chi connectivity index (χ3v) is 6.16. The summed E-state index contributed by atoms with van der Waals surface area (Å²) in [6.45, 7) is 3.38. The number of aromatic nitrogens is 2. The summed E-state index contributed by atoms with van der Waals surface area (Å²) in [5, 5.41) is 1.50. The third kappa shape index (κ3) is 4.41. The molecule has 0 bridgehead atoms. The molecule has 0 unspecified atom stereocenters. The molecule has 9 nitrogen and oxygen atoms in total. The first-order valence-electron chi connectivity index (χ1n) is 10.2. The summed E-state index contributed by atoms with van der Waals surface area (Å²) < 4.78 is 17.5. The molecule has 1 fully saturated rings. The molecule has 4 aromatic rings. The summed E-state index contributed by atoms with van der Waals surface area (Å²) in [6.07, 6.45) is 1.71. The van der Waals surface area contributed by atoms with Crippen LogP contribution >= 0.6 is 11.3 Å². The number of hydrogen-bond acceptors (Lipinski definition) is 9. The van der Waals surface area contributed by atoms with Crippen LogP contribution in [0.25, 0.3) is 21.3 Å². The first-order chi connectivity index (χ1) is 15.7. The van der Waals surface area contributed by atoms with Crippen molar-refractivity contribution >= 4 is 45.0 Å². The lowest BCUT2D eigenvalue weighted by molar-refractivity contribution is -0.144. The van der Waals surface area contributed by atoms with E-state index in [4.69, 9.17) is 9.15 Å². The van der Waals surface area contributed by atoms with Gasteiger partial charge >= 0.3 is 0 Å². The van der Waals surface area contributed by atoms with Crippen LogP contribution in [0, 0.1) is 0 Å². The highest BCUT2D eigenvalue weighted by Gasteiger charge is 2.22. The maximum absolute atomic E-state index is 11.9. The molecule has 5 rings (SSSR count). The SMILES string of the molecule is O=COCC(=O)N1CCN(Cc2cc3cc(Oc4nc5ncccc5s4)ccc3o2)CC1. The molecule has 0 saturated carbocycles. The fourth-order valence-corrected chi connectivity index (χ4v) is 4.48. The minimum atomic E-state index is -0.203. The van der Waals surface area contributed by atoms with Crippen molar-refractivity contribution < 1.29 is 23.5 Å². The average Bonchev–Trinajstić information content (AvgIpc) is 3.40. The van der Waals surface area contributed by atoms with Gasteiger partial charge in [-0.25, -0.2) is 4.98 Å². The van der Waals surface area contributed by atoms with E-state index in [9.17, 15) is 9.59 Å². The molecule has 0 N–H and O–H groups in total. The number of carbonyl (C=O) groups excluding carboxylic acids is 2. The van der Waals surface area contributed by atoms with Gasteiger partial charge < -0.3 is 18.8 Å². The second-order valence-electron chi connectivity index (χ2n) is 7.38. The summed E-state index contributed by atoms with van der Waals surface area (Å²) in [7, 11) is 0. The van der Waals surface area contributed by atoms with Gasteiger partial charge in [0.2, 0.25) is 0 Å². The highest BCUT2D eigenvalue weighted by Crippen LogP contribution is 2.32. The number of pyridine rings is 1. The van der Waals surface area contributed by atoms with Crippen molar-refractivity contribution in [3.8, 4) is 10.9 Å². The quantitative estimate of drug-likeness (QED) is 0.395. The number of thiazole rings is 1. The number of amides is 1. The zero-order chi connectivity index (χ0) is 21.9. The van der Waals surface area contributed by atoms with E-state index >= 15 is 0 Å². The molecule has 32 heavy (non-hydrogen) atoms. The maximum Gasteiger partial charge on any atom is 0.293 e. The minimum Gasteiger partial charge on any atom is -0.460 e. The number of furan rings is 1. The van der Waals surface area contributed by atoms with Gasteiger partial charge in [0.25, 0.3) is 17.6 Å². The van der Waals surface area contributed by atoms with Gasteiger partial charge in [-0.05, 0) is 36.4 Å². The lowest BCUT2D eigenvalue weighted by atomic mass is 10.2. The molecule has 0 atom stereocenters. The molecule has 1 aliphatic rings. The first kappa shape index (κ1) is 20.4. The molecule has 4 heterocycles. The van der Waals surface area contributed by atoms with Crippen molar-refractivity contribution in [2.45, 2.75) is 6.54 Å². The summed E-state index contributed by atoms with van der Waals surface area (Å²) in [5.74, 6) is 1.37. The highest BCUT2D eigenvalue weighted by molar-refractivity contribution is 7.20. The van der Waals surface area contributed by atoms with Crippen LogP contribution in [0.4, 0.5) is 0 Å². The normalized spacial score (nSPS) is 14.7. The lowest BCUT2D eigenvalue weighted by Crippen LogP contribution is -2.49. The van der Waals surface area contributed by atoms with Gasteiger partial charge in [0, 0.05) is 37.8 Å². The Balaban J connectivity index is 1.22. The number of nitrogens with zero attached hydrogens (tertiary/aromatic N) is 4. The summed E-state index contributed by atoms with van der Waals surface area (Å²) in [5.41, 5.74) is 1.47. The van der Waals surface area contributed by atoms with Crippen LogP contribution in [0.3, 0.4) is 0 Å². The largest absolute Gasteiger partial charge is 0.460 e. The van der Waals surface area contributed by atoms with Gasteiger partial charge in [-0.1, -0.05) is 11.3 Å². The van der Waals surface area contributed by atoms with Crippen molar-refractivity contribution in [3.63, 3.8) is 0 Å². The molecule has 10 heteroatoms. The van der Waals surface area contributed by atoms with Crippen LogP contribution in [0.5, 0.6) is 10.9 Å². The topological polar surface area (TPSA) is 98.0 Å². The lowest BCUT2D eigenvalue weighted by Gasteiger charge is -2.34. The second-order valence-corrected chi connectivity index (χ2v) is 8.38. The van der Waals surface area contributed by atoms with Crippen LogP contribution in [0.2, 0.25) is 0 Å². The van der Waals surface area contributed by atoms with Gasteiger partial charge in [-0.2, -0.15) is 4.98 Å². The Bertz CT molecular complexity index is 1230. The molecular formula is C22H20N4O5S. The maximum atomic E-state index is 11.9. The number of fused-ring (bicyclic) bond motifs is 2. The summed E-state index contributed by atoms with van der Waals surface area (Å²) >= 11 is 1.45. The highest BCUT2D eigenvalue weighted by atomic mass is 32.1. The Labute approximate surface area is 187 Å². The number of benzene rings is 1. The van der Waals surface area contributed by atoms with E-state index in [1.54, 1.807) is 11.1 Å². The number of carbonyl (C=O) groups is 2. The Kier molecular flexibility index (Phi) is 5.70. The molecule has 0 spiro atoms. The molecule has 1 amide bonds. The fraction of sp³-hybridized carbons (Fsp3) is 0.273. The van der Waals surface area contributed by atoms with Gasteiger partial charge in [-0.3, -0.25) is 14.5 Å². The average molecular weight is 452 g/mol. The van der Waals surface area contributed by atoms with E-state index in [1.165, 1.54) is 11.3 Å². The molecule has 1 aromatic carbocycles. The van der Waals surface area contributed by atoms with E-state index < -0.39 is 0 Å². The Hall–Kier alpha value is -3.50. The molecule has 164 valence electrons. The van der Waals surface area contributed by atoms with E-state index in [-0.39, 0.29) is 12.5 Å². The van der Waals surface area contributed by atoms with Crippen LogP contribution < -0.4 is 4.74 Å². The zero-order valence-electron chi connectivity index (χ0n) is 17.1. The van der Waals surface area contributed by atoms with Gasteiger partial charge in [0.1, 0.15) is 17.1 Å². The molecule has 3 aromatic heterocycles. The number of ether oxygens (including phenoxy) is 2. The van der Waals surface area contributed by atoms with Crippen LogP contribution in [-0.4, -0.2) is 64.9 Å². The predicted octanol–water partition coefficient (Wildman–Crippen LogP) is 3.05. The Morgan fingerprint density at radius 3 is 2.88 bits per heavy atom. The van der Waals surface area contributed by atoms with Crippen LogP contribution in [0.1, 0.15) is 5.76 Å². The first-order valence-corrected chi connectivity index (χ1v) is 11.0. The van der Waals surface area contributed by atoms with Gasteiger partial charge in [-0.15, -0.1) is 0 Å². The number of rotatable bonds is 7. The van der Waals surface area contributed by atoms with Gasteiger partial charge in [0.15, 0.2) is 12.3 Å². The zero-order valence-corrected chi connectivity index (χ0v) is 17.9. The smallest absolute Gasteiger partial charge is 0.293 e. The standard InChI is InChI=1S/C22H20N4O5S/c27-14-29-13-20(28)26-8-6-25(7-9-26)12-17-11-15-10-16(3-4-18(15)30-17)31-22-24-21-19(32-22)2-1-5-23-21/h1-5,10-11,14H,6-9,12-13H2. The molecule has 1 aliphatic heterocycles. The van der Waals surface area contributed by atoms with Crippen LogP contribution in [0.15, 0.2) is 47.0 Å². The Morgan fingerprint density at radius 2 is 2.06 bits per heavy atom. The monoisotopic (exact) mass is 452 g/mol. The fourth-order valence-electron chi connectivity index (χ4n) is 3.68. The minimum absolute atomic E-state index is 0.170. The van der Waals surface area contributed by atoms with E-state index in [0.29, 0.717) is 42.7 Å². The summed E-state index contributed by atoms with van der Waals surface area (Å²) in [6, 6.07) is 11.5. The predicted molar refractivity (Wildman–Crippen MR) is 118 cm³/mol.